The lowest BCUT2D eigenvalue weighted by Crippen LogP contribution is -2.43. The minimum absolute atomic E-state index is 0.618. The van der Waals surface area contributed by atoms with E-state index in [1.165, 1.54) is 45.2 Å². The second-order valence-corrected chi connectivity index (χ2v) is 5.01. The molecule has 0 saturated carbocycles. The fourth-order valence-corrected chi connectivity index (χ4v) is 2.61. The molecule has 88 valence electrons. The number of ether oxygens (including phenoxy) is 1. The highest BCUT2D eigenvalue weighted by Gasteiger charge is 2.20. The molecule has 2 heterocycles. The number of hydrogen-bond acceptors (Lipinski definition) is 3. The molecular weight excluding hydrogens is 188 g/mol. The zero-order chi connectivity index (χ0) is 10.5. The van der Waals surface area contributed by atoms with Gasteiger partial charge >= 0.3 is 0 Å². The van der Waals surface area contributed by atoms with Crippen LogP contribution in [0.15, 0.2) is 0 Å². The van der Waals surface area contributed by atoms with E-state index in [1.54, 1.807) is 0 Å². The van der Waals surface area contributed by atoms with Crippen LogP contribution in [0.1, 0.15) is 32.1 Å². The molecule has 0 aromatic heterocycles. The standard InChI is InChI=1S/C12H24N2O/c1-14-7-2-4-11(6-8-14)13-12-5-3-9-15-10-12/h11-13H,2-10H2,1H3. The maximum atomic E-state index is 5.50. The lowest BCUT2D eigenvalue weighted by Gasteiger charge is -2.28. The second-order valence-electron chi connectivity index (χ2n) is 5.01. The molecule has 0 aromatic rings. The normalized spacial score (nSPS) is 35.0. The van der Waals surface area contributed by atoms with Crippen LogP contribution < -0.4 is 5.32 Å². The van der Waals surface area contributed by atoms with Gasteiger partial charge in [-0.15, -0.1) is 0 Å². The summed E-state index contributed by atoms with van der Waals surface area (Å²) in [6.07, 6.45) is 6.49. The minimum Gasteiger partial charge on any atom is -0.380 e. The molecule has 0 aliphatic carbocycles. The SMILES string of the molecule is CN1CCCC(NC2CCCOC2)CC1. The van der Waals surface area contributed by atoms with E-state index in [0.717, 1.165) is 19.3 Å². The summed E-state index contributed by atoms with van der Waals surface area (Å²) in [6, 6.07) is 1.34. The molecule has 3 heteroatoms. The van der Waals surface area contributed by atoms with Crippen molar-refractivity contribution in [2.45, 2.75) is 44.2 Å². The highest BCUT2D eigenvalue weighted by Crippen LogP contribution is 2.13. The van der Waals surface area contributed by atoms with Crippen LogP contribution in [0, 0.1) is 0 Å². The Morgan fingerprint density at radius 1 is 1.07 bits per heavy atom. The van der Waals surface area contributed by atoms with Crippen molar-refractivity contribution in [3.8, 4) is 0 Å². The van der Waals surface area contributed by atoms with Gasteiger partial charge in [-0.2, -0.15) is 0 Å². The molecule has 2 aliphatic rings. The van der Waals surface area contributed by atoms with Crippen molar-refractivity contribution in [2.75, 3.05) is 33.4 Å². The van der Waals surface area contributed by atoms with Crippen LogP contribution in [0.5, 0.6) is 0 Å². The van der Waals surface area contributed by atoms with E-state index >= 15 is 0 Å². The van der Waals surface area contributed by atoms with E-state index in [0.29, 0.717) is 6.04 Å². The number of hydrogen-bond donors (Lipinski definition) is 1. The lowest BCUT2D eigenvalue weighted by atomic mass is 10.1. The highest BCUT2D eigenvalue weighted by molar-refractivity contribution is 4.79. The maximum Gasteiger partial charge on any atom is 0.0619 e. The molecule has 0 amide bonds. The molecule has 3 nitrogen and oxygen atoms in total. The quantitative estimate of drug-likeness (QED) is 0.745. The zero-order valence-corrected chi connectivity index (χ0v) is 9.87. The Morgan fingerprint density at radius 3 is 2.73 bits per heavy atom. The third-order valence-corrected chi connectivity index (χ3v) is 3.58. The average molecular weight is 212 g/mol. The van der Waals surface area contributed by atoms with Gasteiger partial charge in [-0.05, 0) is 52.2 Å². The minimum atomic E-state index is 0.618. The summed E-state index contributed by atoms with van der Waals surface area (Å²) in [6.45, 7) is 4.39. The van der Waals surface area contributed by atoms with E-state index in [9.17, 15) is 0 Å². The number of likely N-dealkylation sites (tertiary alicyclic amines) is 1. The van der Waals surface area contributed by atoms with Crippen molar-refractivity contribution >= 4 is 0 Å². The van der Waals surface area contributed by atoms with Crippen molar-refractivity contribution in [1.82, 2.24) is 10.2 Å². The number of nitrogens with zero attached hydrogens (tertiary/aromatic N) is 1. The summed E-state index contributed by atoms with van der Waals surface area (Å²) >= 11 is 0. The molecule has 2 aliphatic heterocycles. The molecule has 2 saturated heterocycles. The van der Waals surface area contributed by atoms with E-state index in [-0.39, 0.29) is 0 Å². The van der Waals surface area contributed by atoms with Crippen molar-refractivity contribution < 1.29 is 4.74 Å². The number of rotatable bonds is 2. The summed E-state index contributed by atoms with van der Waals surface area (Å²) in [5.41, 5.74) is 0. The molecule has 2 unspecified atom stereocenters. The first-order valence-electron chi connectivity index (χ1n) is 6.37. The number of nitrogens with one attached hydrogen (secondary N) is 1. The molecule has 0 bridgehead atoms. The Balaban J connectivity index is 1.72. The average Bonchev–Trinajstić information content (AvgIpc) is 2.46. The van der Waals surface area contributed by atoms with E-state index in [2.05, 4.69) is 17.3 Å². The first-order valence-corrected chi connectivity index (χ1v) is 6.37. The van der Waals surface area contributed by atoms with Crippen molar-refractivity contribution in [3.05, 3.63) is 0 Å². The summed E-state index contributed by atoms with van der Waals surface area (Å²) in [4.78, 5) is 2.44. The van der Waals surface area contributed by atoms with Crippen LogP contribution in [-0.4, -0.2) is 50.3 Å². The van der Waals surface area contributed by atoms with Crippen molar-refractivity contribution in [2.24, 2.45) is 0 Å². The molecule has 0 aromatic carbocycles. The predicted molar refractivity (Wildman–Crippen MR) is 62.1 cm³/mol. The smallest absolute Gasteiger partial charge is 0.0619 e. The molecule has 0 spiro atoms. The van der Waals surface area contributed by atoms with Gasteiger partial charge < -0.3 is 15.0 Å². The molecule has 15 heavy (non-hydrogen) atoms. The van der Waals surface area contributed by atoms with Gasteiger partial charge in [0.2, 0.25) is 0 Å². The Labute approximate surface area is 93.2 Å². The van der Waals surface area contributed by atoms with Gasteiger partial charge in [-0.3, -0.25) is 0 Å². The Bertz CT molecular complexity index is 180. The van der Waals surface area contributed by atoms with Gasteiger partial charge in [-0.1, -0.05) is 0 Å². The van der Waals surface area contributed by atoms with E-state index in [1.807, 2.05) is 0 Å². The van der Waals surface area contributed by atoms with Gasteiger partial charge in [-0.25, -0.2) is 0 Å². The molecule has 2 rings (SSSR count). The zero-order valence-electron chi connectivity index (χ0n) is 9.87. The van der Waals surface area contributed by atoms with Crippen LogP contribution in [-0.2, 0) is 4.74 Å². The van der Waals surface area contributed by atoms with Crippen LogP contribution >= 0.6 is 0 Å². The van der Waals surface area contributed by atoms with Gasteiger partial charge in [0.1, 0.15) is 0 Å². The molecule has 2 fully saturated rings. The summed E-state index contributed by atoms with van der Waals surface area (Å²) in [5, 5.41) is 3.77. The molecular formula is C12H24N2O. The monoisotopic (exact) mass is 212 g/mol. The van der Waals surface area contributed by atoms with Gasteiger partial charge in [0.05, 0.1) is 6.61 Å². The Kier molecular flexibility index (Phi) is 4.42. The van der Waals surface area contributed by atoms with Gasteiger partial charge in [0.25, 0.3) is 0 Å². The highest BCUT2D eigenvalue weighted by atomic mass is 16.5. The van der Waals surface area contributed by atoms with Crippen molar-refractivity contribution in [1.29, 1.82) is 0 Å². The van der Waals surface area contributed by atoms with E-state index < -0.39 is 0 Å². The predicted octanol–water partition coefficient (Wildman–Crippen LogP) is 1.24. The van der Waals surface area contributed by atoms with Crippen molar-refractivity contribution in [3.63, 3.8) is 0 Å². The molecule has 1 N–H and O–H groups in total. The summed E-state index contributed by atoms with van der Waals surface area (Å²) in [5.74, 6) is 0. The third-order valence-electron chi connectivity index (χ3n) is 3.58. The summed E-state index contributed by atoms with van der Waals surface area (Å²) < 4.78 is 5.50. The second kappa shape index (κ2) is 5.83. The van der Waals surface area contributed by atoms with Crippen LogP contribution in [0.25, 0.3) is 0 Å². The summed E-state index contributed by atoms with van der Waals surface area (Å²) in [7, 11) is 2.23. The van der Waals surface area contributed by atoms with Gasteiger partial charge in [0.15, 0.2) is 0 Å². The fourth-order valence-electron chi connectivity index (χ4n) is 2.61. The van der Waals surface area contributed by atoms with Crippen LogP contribution in [0.2, 0.25) is 0 Å². The molecule has 2 atom stereocenters. The largest absolute Gasteiger partial charge is 0.380 e. The van der Waals surface area contributed by atoms with Gasteiger partial charge in [0, 0.05) is 18.7 Å². The Hall–Kier alpha value is -0.120. The first-order chi connectivity index (χ1) is 7.34. The maximum absolute atomic E-state index is 5.50. The Morgan fingerprint density at radius 2 is 1.93 bits per heavy atom. The van der Waals surface area contributed by atoms with Crippen LogP contribution in [0.4, 0.5) is 0 Å². The molecule has 0 radical (unpaired) electrons. The first kappa shape index (κ1) is 11.4. The lowest BCUT2D eigenvalue weighted by molar-refractivity contribution is 0.0656. The fraction of sp³-hybridized carbons (Fsp3) is 1.00. The van der Waals surface area contributed by atoms with E-state index in [4.69, 9.17) is 4.74 Å². The topological polar surface area (TPSA) is 24.5 Å². The third kappa shape index (κ3) is 3.74. The van der Waals surface area contributed by atoms with Crippen LogP contribution in [0.3, 0.4) is 0 Å².